The van der Waals surface area contributed by atoms with Crippen molar-refractivity contribution in [2.24, 2.45) is 5.41 Å². The zero-order chi connectivity index (χ0) is 13.7. The van der Waals surface area contributed by atoms with E-state index >= 15 is 0 Å². The predicted octanol–water partition coefficient (Wildman–Crippen LogP) is 2.88. The fraction of sp³-hybridized carbons (Fsp3) is 0.812. The zero-order valence-corrected chi connectivity index (χ0v) is 12.3. The molecule has 0 aromatic carbocycles. The van der Waals surface area contributed by atoms with E-state index in [4.69, 9.17) is 10.00 Å². The highest BCUT2D eigenvalue weighted by molar-refractivity contribution is 5.33. The maximum Gasteiger partial charge on any atom is 0.0911 e. The first-order valence-corrected chi connectivity index (χ1v) is 7.47. The van der Waals surface area contributed by atoms with Crippen LogP contribution in [-0.4, -0.2) is 35.7 Å². The monoisotopic (exact) mass is 260 g/mol. The van der Waals surface area contributed by atoms with Crippen molar-refractivity contribution in [1.29, 1.82) is 5.26 Å². The molecule has 0 unspecified atom stereocenters. The SMILES string of the molecule is CC(C)(C)O[C@H]1CCN2CC/C(=C\C#N)C3(CC3)[C@H]12. The molecule has 0 bridgehead atoms. The Morgan fingerprint density at radius 3 is 2.68 bits per heavy atom. The normalized spacial score (nSPS) is 35.4. The number of fused-ring (bicyclic) bond motifs is 2. The maximum atomic E-state index is 9.00. The van der Waals surface area contributed by atoms with Crippen LogP contribution in [0.15, 0.2) is 11.6 Å². The minimum atomic E-state index is -0.0761. The van der Waals surface area contributed by atoms with Gasteiger partial charge in [0, 0.05) is 30.6 Å². The molecule has 2 saturated heterocycles. The molecule has 3 fully saturated rings. The summed E-state index contributed by atoms with van der Waals surface area (Å²) in [7, 11) is 0. The van der Waals surface area contributed by atoms with Crippen LogP contribution in [-0.2, 0) is 4.74 Å². The average Bonchev–Trinajstić information content (AvgIpc) is 2.98. The van der Waals surface area contributed by atoms with Crippen LogP contribution in [0, 0.1) is 16.7 Å². The van der Waals surface area contributed by atoms with Gasteiger partial charge in [0.05, 0.1) is 17.8 Å². The number of allylic oxidation sites excluding steroid dienone is 1. The van der Waals surface area contributed by atoms with Gasteiger partial charge in [0.15, 0.2) is 0 Å². The molecule has 0 aromatic rings. The topological polar surface area (TPSA) is 36.3 Å². The Morgan fingerprint density at radius 1 is 1.37 bits per heavy atom. The average molecular weight is 260 g/mol. The van der Waals surface area contributed by atoms with Gasteiger partial charge in [-0.3, -0.25) is 4.90 Å². The molecule has 19 heavy (non-hydrogen) atoms. The van der Waals surface area contributed by atoms with Crippen LogP contribution in [0.25, 0.3) is 0 Å². The Morgan fingerprint density at radius 2 is 2.11 bits per heavy atom. The molecular weight excluding hydrogens is 236 g/mol. The Balaban J connectivity index is 1.86. The van der Waals surface area contributed by atoms with Gasteiger partial charge in [-0.15, -0.1) is 0 Å². The lowest BCUT2D eigenvalue weighted by atomic mass is 9.80. The van der Waals surface area contributed by atoms with Gasteiger partial charge in [-0.05, 0) is 46.5 Å². The van der Waals surface area contributed by atoms with Gasteiger partial charge < -0.3 is 4.74 Å². The van der Waals surface area contributed by atoms with Crippen molar-refractivity contribution in [3.8, 4) is 6.07 Å². The summed E-state index contributed by atoms with van der Waals surface area (Å²) < 4.78 is 6.32. The van der Waals surface area contributed by atoms with E-state index in [0.717, 1.165) is 25.9 Å². The van der Waals surface area contributed by atoms with E-state index in [1.165, 1.54) is 18.4 Å². The summed E-state index contributed by atoms with van der Waals surface area (Å²) in [5.74, 6) is 0. The van der Waals surface area contributed by atoms with Crippen LogP contribution in [0.1, 0.15) is 46.5 Å². The molecule has 104 valence electrons. The molecule has 0 N–H and O–H groups in total. The highest BCUT2D eigenvalue weighted by Gasteiger charge is 2.60. The highest BCUT2D eigenvalue weighted by Crippen LogP contribution is 2.61. The second kappa shape index (κ2) is 4.33. The minimum Gasteiger partial charge on any atom is -0.371 e. The van der Waals surface area contributed by atoms with Crippen LogP contribution < -0.4 is 0 Å². The second-order valence-electron chi connectivity index (χ2n) is 7.24. The predicted molar refractivity (Wildman–Crippen MR) is 74.6 cm³/mol. The second-order valence-corrected chi connectivity index (χ2v) is 7.24. The molecule has 2 aliphatic heterocycles. The zero-order valence-electron chi connectivity index (χ0n) is 12.3. The van der Waals surface area contributed by atoms with E-state index in [9.17, 15) is 0 Å². The van der Waals surface area contributed by atoms with Gasteiger partial charge >= 0.3 is 0 Å². The fourth-order valence-electron chi connectivity index (χ4n) is 4.11. The first-order valence-electron chi connectivity index (χ1n) is 7.47. The molecule has 3 heteroatoms. The van der Waals surface area contributed by atoms with Crippen molar-refractivity contribution < 1.29 is 4.74 Å². The van der Waals surface area contributed by atoms with Gasteiger partial charge in [0.2, 0.25) is 0 Å². The van der Waals surface area contributed by atoms with Crippen LogP contribution in [0.5, 0.6) is 0 Å². The Bertz CT molecular complexity index is 437. The number of nitrogens with zero attached hydrogens (tertiary/aromatic N) is 2. The maximum absolute atomic E-state index is 9.00. The summed E-state index contributed by atoms with van der Waals surface area (Å²) in [4.78, 5) is 2.61. The molecule has 1 saturated carbocycles. The first kappa shape index (κ1) is 13.1. The van der Waals surface area contributed by atoms with Crippen molar-refractivity contribution >= 4 is 0 Å². The van der Waals surface area contributed by atoms with Crippen LogP contribution in [0.4, 0.5) is 0 Å². The number of nitriles is 1. The van der Waals surface area contributed by atoms with Gasteiger partial charge in [-0.25, -0.2) is 0 Å². The molecular formula is C16H24N2O. The Hall–Kier alpha value is -0.850. The summed E-state index contributed by atoms with van der Waals surface area (Å²) in [5, 5.41) is 9.00. The summed E-state index contributed by atoms with van der Waals surface area (Å²) in [6.45, 7) is 8.69. The number of piperidine rings is 1. The third-order valence-corrected chi connectivity index (χ3v) is 4.85. The molecule has 2 heterocycles. The third-order valence-electron chi connectivity index (χ3n) is 4.85. The quantitative estimate of drug-likeness (QED) is 0.680. The van der Waals surface area contributed by atoms with E-state index < -0.39 is 0 Å². The summed E-state index contributed by atoms with van der Waals surface area (Å²) >= 11 is 0. The smallest absolute Gasteiger partial charge is 0.0911 e. The van der Waals surface area contributed by atoms with E-state index in [2.05, 4.69) is 31.7 Å². The van der Waals surface area contributed by atoms with Gasteiger partial charge in [-0.2, -0.15) is 5.26 Å². The molecule has 0 radical (unpaired) electrons. The van der Waals surface area contributed by atoms with Crippen LogP contribution >= 0.6 is 0 Å². The van der Waals surface area contributed by atoms with Crippen molar-refractivity contribution in [1.82, 2.24) is 4.90 Å². The van der Waals surface area contributed by atoms with E-state index in [1.54, 1.807) is 0 Å². The van der Waals surface area contributed by atoms with Crippen LogP contribution in [0.2, 0.25) is 0 Å². The Labute approximate surface area is 116 Å². The molecule has 3 nitrogen and oxygen atoms in total. The van der Waals surface area contributed by atoms with Crippen molar-refractivity contribution in [3.05, 3.63) is 11.6 Å². The van der Waals surface area contributed by atoms with Gasteiger partial charge in [-0.1, -0.05) is 5.57 Å². The highest BCUT2D eigenvalue weighted by atomic mass is 16.5. The molecule has 3 rings (SSSR count). The molecule has 0 aromatic heterocycles. The standard InChI is InChI=1S/C16H24N2O/c1-15(2,3)19-13-6-11-18-10-5-12(4-9-17)16(7-8-16)14(13)18/h4,13-14H,5-8,10-11H2,1-3H3/b12-4+/t13-,14-/m0/s1. The van der Waals surface area contributed by atoms with Crippen molar-refractivity contribution in [2.75, 3.05) is 13.1 Å². The summed E-state index contributed by atoms with van der Waals surface area (Å²) in [6.07, 6.45) is 6.86. The number of ether oxygens (including phenoxy) is 1. The lowest BCUT2D eigenvalue weighted by Crippen LogP contribution is -2.49. The van der Waals surface area contributed by atoms with Crippen molar-refractivity contribution in [3.63, 3.8) is 0 Å². The third kappa shape index (κ3) is 2.22. The minimum absolute atomic E-state index is 0.0761. The number of hydrogen-bond donors (Lipinski definition) is 0. The molecule has 0 amide bonds. The number of hydrogen-bond acceptors (Lipinski definition) is 3. The number of rotatable bonds is 1. The first-order chi connectivity index (χ1) is 8.96. The molecule has 1 aliphatic carbocycles. The lowest BCUT2D eigenvalue weighted by Gasteiger charge is -2.42. The molecule has 3 aliphatic rings. The largest absolute Gasteiger partial charge is 0.371 e. The summed E-state index contributed by atoms with van der Waals surface area (Å²) in [6, 6.07) is 2.77. The molecule has 1 spiro atoms. The van der Waals surface area contributed by atoms with Gasteiger partial charge in [0.1, 0.15) is 0 Å². The lowest BCUT2D eigenvalue weighted by molar-refractivity contribution is -0.0849. The fourth-order valence-corrected chi connectivity index (χ4v) is 4.11. The van der Waals surface area contributed by atoms with Crippen molar-refractivity contribution in [2.45, 2.75) is 64.2 Å². The van der Waals surface area contributed by atoms with E-state index in [1.807, 2.05) is 6.08 Å². The Kier molecular flexibility index (Phi) is 2.99. The van der Waals surface area contributed by atoms with E-state index in [0.29, 0.717) is 12.1 Å². The van der Waals surface area contributed by atoms with E-state index in [-0.39, 0.29) is 11.0 Å². The summed E-state index contributed by atoms with van der Waals surface area (Å²) in [5.41, 5.74) is 1.59. The van der Waals surface area contributed by atoms with Gasteiger partial charge in [0.25, 0.3) is 0 Å². The van der Waals surface area contributed by atoms with Crippen LogP contribution in [0.3, 0.4) is 0 Å². The molecule has 2 atom stereocenters.